The number of nitrogens with one attached hydrogen (secondary N) is 1. The minimum atomic E-state index is 0.760. The van der Waals surface area contributed by atoms with Crippen LogP contribution in [0.5, 0.6) is 0 Å². The fraction of sp³-hybridized carbons (Fsp3) is 0.600. The smallest absolute Gasteiger partial charge is 0.0502 e. The van der Waals surface area contributed by atoms with Gasteiger partial charge in [-0.25, -0.2) is 0 Å². The van der Waals surface area contributed by atoms with Crippen LogP contribution in [0.2, 0.25) is 5.02 Å². The second-order valence-corrected chi connectivity index (χ2v) is 5.50. The lowest BCUT2D eigenvalue weighted by Crippen LogP contribution is -2.27. The standard InChI is InChI=1S/C15H22ClNO/c1-18-8-7-12-5-6-15(16)14(9-12)11-17-10-13-3-2-4-13/h5-6,9,13,17H,2-4,7-8,10-11H2,1H3. The number of hydrogen-bond donors (Lipinski definition) is 1. The fourth-order valence-electron chi connectivity index (χ4n) is 2.25. The van der Waals surface area contributed by atoms with Crippen LogP contribution in [-0.2, 0) is 17.7 Å². The molecule has 2 rings (SSSR count). The zero-order valence-corrected chi connectivity index (χ0v) is 11.8. The van der Waals surface area contributed by atoms with Gasteiger partial charge in [0.2, 0.25) is 0 Å². The third kappa shape index (κ3) is 3.98. The lowest BCUT2D eigenvalue weighted by Gasteiger charge is -2.25. The van der Waals surface area contributed by atoms with Crippen molar-refractivity contribution in [2.75, 3.05) is 20.3 Å². The summed E-state index contributed by atoms with van der Waals surface area (Å²) in [6.45, 7) is 2.76. The molecule has 100 valence electrons. The van der Waals surface area contributed by atoms with E-state index < -0.39 is 0 Å². The lowest BCUT2D eigenvalue weighted by atomic mass is 9.85. The van der Waals surface area contributed by atoms with Gasteiger partial charge in [-0.3, -0.25) is 0 Å². The quantitative estimate of drug-likeness (QED) is 0.817. The van der Waals surface area contributed by atoms with Gasteiger partial charge in [0, 0.05) is 18.7 Å². The molecule has 1 N–H and O–H groups in total. The minimum absolute atomic E-state index is 0.760. The van der Waals surface area contributed by atoms with Gasteiger partial charge in [-0.2, -0.15) is 0 Å². The van der Waals surface area contributed by atoms with Crippen LogP contribution in [-0.4, -0.2) is 20.3 Å². The van der Waals surface area contributed by atoms with Gasteiger partial charge in [0.15, 0.2) is 0 Å². The summed E-state index contributed by atoms with van der Waals surface area (Å²) in [5.41, 5.74) is 2.49. The van der Waals surface area contributed by atoms with E-state index in [0.717, 1.165) is 37.1 Å². The molecular formula is C15H22ClNO. The van der Waals surface area contributed by atoms with E-state index in [1.165, 1.54) is 30.4 Å². The van der Waals surface area contributed by atoms with Crippen LogP contribution in [0.4, 0.5) is 0 Å². The van der Waals surface area contributed by atoms with Crippen molar-refractivity contribution in [3.05, 3.63) is 34.3 Å². The maximum Gasteiger partial charge on any atom is 0.0502 e. The van der Waals surface area contributed by atoms with Crippen LogP contribution in [0.3, 0.4) is 0 Å². The summed E-state index contributed by atoms with van der Waals surface area (Å²) in [7, 11) is 1.73. The zero-order chi connectivity index (χ0) is 12.8. The molecule has 1 saturated carbocycles. The van der Waals surface area contributed by atoms with Crippen LogP contribution in [0.1, 0.15) is 30.4 Å². The highest BCUT2D eigenvalue weighted by atomic mass is 35.5. The third-order valence-electron chi connectivity index (χ3n) is 3.68. The zero-order valence-electron chi connectivity index (χ0n) is 11.0. The van der Waals surface area contributed by atoms with Gasteiger partial charge in [-0.15, -0.1) is 0 Å². The van der Waals surface area contributed by atoms with Crippen LogP contribution in [0, 0.1) is 5.92 Å². The van der Waals surface area contributed by atoms with Gasteiger partial charge in [-0.05, 0) is 48.9 Å². The third-order valence-corrected chi connectivity index (χ3v) is 4.05. The van der Waals surface area contributed by atoms with Crippen LogP contribution < -0.4 is 5.32 Å². The van der Waals surface area contributed by atoms with E-state index in [2.05, 4.69) is 17.4 Å². The summed E-state index contributed by atoms with van der Waals surface area (Å²) in [4.78, 5) is 0. The molecule has 1 fully saturated rings. The normalized spacial score (nSPS) is 15.7. The molecule has 0 spiro atoms. The van der Waals surface area contributed by atoms with Crippen molar-refractivity contribution < 1.29 is 4.74 Å². The minimum Gasteiger partial charge on any atom is -0.384 e. The van der Waals surface area contributed by atoms with Crippen molar-refractivity contribution in [2.24, 2.45) is 5.92 Å². The highest BCUT2D eigenvalue weighted by Crippen LogP contribution is 2.25. The van der Waals surface area contributed by atoms with E-state index in [4.69, 9.17) is 16.3 Å². The van der Waals surface area contributed by atoms with E-state index in [9.17, 15) is 0 Å². The summed E-state index contributed by atoms with van der Waals surface area (Å²) in [5.74, 6) is 0.889. The summed E-state index contributed by atoms with van der Waals surface area (Å²) >= 11 is 6.22. The number of rotatable bonds is 7. The number of halogens is 1. The Labute approximate surface area is 115 Å². The molecule has 1 aromatic carbocycles. The van der Waals surface area contributed by atoms with Crippen LogP contribution in [0.15, 0.2) is 18.2 Å². The topological polar surface area (TPSA) is 21.3 Å². The van der Waals surface area contributed by atoms with E-state index >= 15 is 0 Å². The first-order chi connectivity index (χ1) is 8.79. The molecule has 1 aliphatic carbocycles. The molecule has 1 aromatic rings. The Morgan fingerprint density at radius 3 is 2.89 bits per heavy atom. The molecule has 0 atom stereocenters. The largest absolute Gasteiger partial charge is 0.384 e. The molecule has 0 radical (unpaired) electrons. The second-order valence-electron chi connectivity index (χ2n) is 5.10. The Hall–Kier alpha value is -0.570. The summed E-state index contributed by atoms with van der Waals surface area (Å²) in [5, 5.41) is 4.37. The first kappa shape index (κ1) is 13.9. The van der Waals surface area contributed by atoms with Crippen molar-refractivity contribution in [3.8, 4) is 0 Å². The molecule has 0 aliphatic heterocycles. The van der Waals surface area contributed by atoms with Crippen molar-refractivity contribution in [3.63, 3.8) is 0 Å². The summed E-state index contributed by atoms with van der Waals surface area (Å²) in [6.07, 6.45) is 5.12. The van der Waals surface area contributed by atoms with Gasteiger partial charge in [0.1, 0.15) is 0 Å². The molecule has 3 heteroatoms. The van der Waals surface area contributed by atoms with Crippen LogP contribution in [0.25, 0.3) is 0 Å². The molecule has 0 unspecified atom stereocenters. The molecular weight excluding hydrogens is 246 g/mol. The van der Waals surface area contributed by atoms with Gasteiger partial charge < -0.3 is 10.1 Å². The average molecular weight is 268 g/mol. The number of benzene rings is 1. The van der Waals surface area contributed by atoms with Crippen molar-refractivity contribution in [2.45, 2.75) is 32.2 Å². The highest BCUT2D eigenvalue weighted by Gasteiger charge is 2.16. The summed E-state index contributed by atoms with van der Waals surface area (Å²) in [6, 6.07) is 6.26. The number of hydrogen-bond acceptors (Lipinski definition) is 2. The van der Waals surface area contributed by atoms with Gasteiger partial charge in [0.25, 0.3) is 0 Å². The second kappa shape index (κ2) is 7.13. The highest BCUT2D eigenvalue weighted by molar-refractivity contribution is 6.31. The Morgan fingerprint density at radius 1 is 1.39 bits per heavy atom. The Balaban J connectivity index is 1.84. The molecule has 0 amide bonds. The molecule has 2 nitrogen and oxygen atoms in total. The van der Waals surface area contributed by atoms with Gasteiger partial charge >= 0.3 is 0 Å². The maximum atomic E-state index is 6.22. The number of ether oxygens (including phenoxy) is 1. The van der Waals surface area contributed by atoms with Gasteiger partial charge in [0.05, 0.1) is 6.61 Å². The molecule has 0 heterocycles. The molecule has 18 heavy (non-hydrogen) atoms. The molecule has 1 aliphatic rings. The monoisotopic (exact) mass is 267 g/mol. The average Bonchev–Trinajstić information content (AvgIpc) is 2.32. The first-order valence-corrected chi connectivity index (χ1v) is 7.14. The predicted octanol–water partition coefficient (Wildman–Crippen LogP) is 3.42. The predicted molar refractivity (Wildman–Crippen MR) is 76.1 cm³/mol. The van der Waals surface area contributed by atoms with Crippen molar-refractivity contribution in [1.82, 2.24) is 5.32 Å². The number of methoxy groups -OCH3 is 1. The van der Waals surface area contributed by atoms with E-state index in [1.54, 1.807) is 7.11 Å². The van der Waals surface area contributed by atoms with Crippen molar-refractivity contribution >= 4 is 11.6 Å². The Kier molecular flexibility index (Phi) is 5.48. The maximum absolute atomic E-state index is 6.22. The van der Waals surface area contributed by atoms with Crippen LogP contribution >= 0.6 is 11.6 Å². The Bertz CT molecular complexity index is 377. The lowest BCUT2D eigenvalue weighted by molar-refractivity contribution is 0.202. The molecule has 0 saturated heterocycles. The van der Waals surface area contributed by atoms with Crippen molar-refractivity contribution in [1.29, 1.82) is 0 Å². The fourth-order valence-corrected chi connectivity index (χ4v) is 2.43. The molecule has 0 aromatic heterocycles. The van der Waals surface area contributed by atoms with E-state index in [1.807, 2.05) is 6.07 Å². The summed E-state index contributed by atoms with van der Waals surface area (Å²) < 4.78 is 5.10. The van der Waals surface area contributed by atoms with E-state index in [-0.39, 0.29) is 0 Å². The molecule has 0 bridgehead atoms. The van der Waals surface area contributed by atoms with E-state index in [0.29, 0.717) is 0 Å². The SMILES string of the molecule is COCCc1ccc(Cl)c(CNCC2CCC2)c1. The Morgan fingerprint density at radius 2 is 2.22 bits per heavy atom. The van der Waals surface area contributed by atoms with Gasteiger partial charge in [-0.1, -0.05) is 30.2 Å². The first-order valence-electron chi connectivity index (χ1n) is 6.76.